The minimum atomic E-state index is -0.213. The van der Waals surface area contributed by atoms with E-state index < -0.39 is 0 Å². The molecule has 0 saturated carbocycles. The SMILES string of the molecule is Cc1c(C(=O)Nc2ccc(Nc3ccc(NC(=O)c4ccc(N5CCC(O)CC5)cc4)cc3)cc2)cnn1C. The molecule has 4 N–H and O–H groups in total. The topological polar surface area (TPSA) is 112 Å². The molecule has 9 nitrogen and oxygen atoms in total. The molecular weight excluding hydrogens is 492 g/mol. The van der Waals surface area contributed by atoms with Crippen molar-refractivity contribution in [3.8, 4) is 0 Å². The summed E-state index contributed by atoms with van der Waals surface area (Å²) >= 11 is 0. The number of anilines is 5. The van der Waals surface area contributed by atoms with Gasteiger partial charge in [0.2, 0.25) is 0 Å². The van der Waals surface area contributed by atoms with Crippen LogP contribution in [0.15, 0.2) is 79.0 Å². The second-order valence-corrected chi connectivity index (χ2v) is 9.72. The average molecular weight is 525 g/mol. The first-order chi connectivity index (χ1) is 18.9. The minimum absolute atomic E-state index is 0.171. The van der Waals surface area contributed by atoms with Gasteiger partial charge in [-0.05, 0) is 92.6 Å². The fourth-order valence-corrected chi connectivity index (χ4v) is 4.51. The smallest absolute Gasteiger partial charge is 0.259 e. The highest BCUT2D eigenvalue weighted by atomic mass is 16.3. The predicted molar refractivity (Wildman–Crippen MR) is 154 cm³/mol. The normalized spacial score (nSPS) is 13.7. The summed E-state index contributed by atoms with van der Waals surface area (Å²) in [4.78, 5) is 27.5. The van der Waals surface area contributed by atoms with Crippen molar-refractivity contribution in [3.63, 3.8) is 0 Å². The van der Waals surface area contributed by atoms with Crippen LogP contribution in [0.3, 0.4) is 0 Å². The molecule has 9 heteroatoms. The number of nitrogens with zero attached hydrogens (tertiary/aromatic N) is 3. The number of carbonyl (C=O) groups excluding carboxylic acids is 2. The molecule has 0 atom stereocenters. The number of nitrogens with one attached hydrogen (secondary N) is 3. The van der Waals surface area contributed by atoms with Gasteiger partial charge in [0.05, 0.1) is 17.9 Å². The summed E-state index contributed by atoms with van der Waals surface area (Å²) in [6, 6.07) is 22.5. The molecule has 5 rings (SSSR count). The Hall–Kier alpha value is -4.63. The Morgan fingerprint density at radius 2 is 1.31 bits per heavy atom. The second kappa shape index (κ2) is 11.4. The van der Waals surface area contributed by atoms with Gasteiger partial charge in [0.1, 0.15) is 0 Å². The third-order valence-electron chi connectivity index (χ3n) is 7.01. The molecule has 1 fully saturated rings. The van der Waals surface area contributed by atoms with Crippen molar-refractivity contribution in [2.24, 2.45) is 7.05 Å². The predicted octanol–water partition coefficient (Wildman–Crippen LogP) is 4.94. The molecule has 1 aromatic heterocycles. The molecule has 39 heavy (non-hydrogen) atoms. The monoisotopic (exact) mass is 524 g/mol. The summed E-state index contributed by atoms with van der Waals surface area (Å²) in [7, 11) is 1.80. The maximum Gasteiger partial charge on any atom is 0.259 e. The molecule has 3 aromatic carbocycles. The highest BCUT2D eigenvalue weighted by molar-refractivity contribution is 6.05. The van der Waals surface area contributed by atoms with Gasteiger partial charge in [-0.2, -0.15) is 5.10 Å². The number of aromatic nitrogens is 2. The van der Waals surface area contributed by atoms with Crippen LogP contribution in [-0.4, -0.2) is 45.9 Å². The van der Waals surface area contributed by atoms with Gasteiger partial charge in [-0.25, -0.2) is 0 Å². The minimum Gasteiger partial charge on any atom is -0.393 e. The van der Waals surface area contributed by atoms with E-state index >= 15 is 0 Å². The highest BCUT2D eigenvalue weighted by Crippen LogP contribution is 2.23. The van der Waals surface area contributed by atoms with E-state index in [0.717, 1.165) is 48.7 Å². The fraction of sp³-hybridized carbons (Fsp3) is 0.233. The number of hydrogen-bond acceptors (Lipinski definition) is 6. The number of aliphatic hydroxyl groups excluding tert-OH is 1. The van der Waals surface area contributed by atoms with Crippen molar-refractivity contribution in [1.82, 2.24) is 9.78 Å². The lowest BCUT2D eigenvalue weighted by atomic mass is 10.1. The maximum absolute atomic E-state index is 12.7. The Bertz CT molecular complexity index is 1440. The molecule has 200 valence electrons. The quantitative estimate of drug-likeness (QED) is 0.273. The summed E-state index contributed by atoms with van der Waals surface area (Å²) in [5.74, 6) is -0.368. The number of aryl methyl sites for hydroxylation is 1. The van der Waals surface area contributed by atoms with Gasteiger partial charge in [-0.1, -0.05) is 0 Å². The fourth-order valence-electron chi connectivity index (χ4n) is 4.51. The average Bonchev–Trinajstić information content (AvgIpc) is 3.29. The first-order valence-corrected chi connectivity index (χ1v) is 13.0. The van der Waals surface area contributed by atoms with Crippen LogP contribution in [-0.2, 0) is 7.05 Å². The van der Waals surface area contributed by atoms with E-state index in [1.165, 1.54) is 0 Å². The van der Waals surface area contributed by atoms with E-state index in [4.69, 9.17) is 0 Å². The number of carbonyl (C=O) groups is 2. The number of benzene rings is 3. The van der Waals surface area contributed by atoms with Crippen molar-refractivity contribution in [2.75, 3.05) is 33.9 Å². The summed E-state index contributed by atoms with van der Waals surface area (Å²) in [6.45, 7) is 3.49. The second-order valence-electron chi connectivity index (χ2n) is 9.72. The van der Waals surface area contributed by atoms with Crippen molar-refractivity contribution in [2.45, 2.75) is 25.9 Å². The van der Waals surface area contributed by atoms with Crippen LogP contribution in [0.4, 0.5) is 28.4 Å². The molecule has 1 aliphatic rings. The molecule has 1 saturated heterocycles. The van der Waals surface area contributed by atoms with Gasteiger partial charge in [-0.15, -0.1) is 0 Å². The van der Waals surface area contributed by atoms with Gasteiger partial charge in [0.25, 0.3) is 11.8 Å². The molecule has 0 aliphatic carbocycles. The molecule has 2 amide bonds. The van der Waals surface area contributed by atoms with Crippen LogP contribution in [0.25, 0.3) is 0 Å². The van der Waals surface area contributed by atoms with Crippen LogP contribution >= 0.6 is 0 Å². The van der Waals surface area contributed by atoms with Crippen molar-refractivity contribution >= 4 is 40.3 Å². The van der Waals surface area contributed by atoms with E-state index in [9.17, 15) is 14.7 Å². The first-order valence-electron chi connectivity index (χ1n) is 13.0. The Labute approximate surface area is 227 Å². The van der Waals surface area contributed by atoms with E-state index in [1.807, 2.05) is 79.7 Å². The number of hydrogen-bond donors (Lipinski definition) is 4. The zero-order chi connectivity index (χ0) is 27.4. The molecular formula is C30H32N6O3. The lowest BCUT2D eigenvalue weighted by molar-refractivity contribution is 0.101. The van der Waals surface area contributed by atoms with Crippen LogP contribution in [0.5, 0.6) is 0 Å². The Kier molecular flexibility index (Phi) is 7.60. The summed E-state index contributed by atoms with van der Waals surface area (Å²) < 4.78 is 1.67. The molecule has 4 aromatic rings. The number of amides is 2. The summed E-state index contributed by atoms with van der Waals surface area (Å²) in [6.07, 6.45) is 2.88. The summed E-state index contributed by atoms with van der Waals surface area (Å²) in [5, 5.41) is 23.0. The third kappa shape index (κ3) is 6.27. The Morgan fingerprint density at radius 1 is 0.795 bits per heavy atom. The molecule has 0 unspecified atom stereocenters. The molecule has 0 radical (unpaired) electrons. The highest BCUT2D eigenvalue weighted by Gasteiger charge is 2.17. The lowest BCUT2D eigenvalue weighted by Gasteiger charge is -2.31. The van der Waals surface area contributed by atoms with Crippen molar-refractivity contribution in [3.05, 3.63) is 95.8 Å². The van der Waals surface area contributed by atoms with Crippen LogP contribution in [0.2, 0.25) is 0 Å². The Morgan fingerprint density at radius 3 is 1.82 bits per heavy atom. The largest absolute Gasteiger partial charge is 0.393 e. The van der Waals surface area contributed by atoms with E-state index in [0.29, 0.717) is 22.5 Å². The molecule has 1 aliphatic heterocycles. The van der Waals surface area contributed by atoms with Crippen molar-refractivity contribution in [1.29, 1.82) is 0 Å². The van der Waals surface area contributed by atoms with Crippen molar-refractivity contribution < 1.29 is 14.7 Å². The van der Waals surface area contributed by atoms with Gasteiger partial charge >= 0.3 is 0 Å². The van der Waals surface area contributed by atoms with E-state index in [2.05, 4.69) is 25.9 Å². The molecule has 0 bridgehead atoms. The standard InChI is InChI=1S/C30H32N6O3/c1-20-28(19-31-35(20)2)30(39)34-25-11-7-23(8-12-25)32-22-5-9-24(10-6-22)33-29(38)21-3-13-26(14-4-21)36-17-15-27(37)16-18-36/h3-14,19,27,32,37H,15-18H2,1-2H3,(H,33,38)(H,34,39). The van der Waals surface area contributed by atoms with Gasteiger partial charge in [0.15, 0.2) is 0 Å². The zero-order valence-corrected chi connectivity index (χ0v) is 22.0. The zero-order valence-electron chi connectivity index (χ0n) is 22.0. The molecule has 0 spiro atoms. The third-order valence-corrected chi connectivity index (χ3v) is 7.01. The number of piperidine rings is 1. The lowest BCUT2D eigenvalue weighted by Crippen LogP contribution is -2.35. The molecule has 2 heterocycles. The van der Waals surface area contributed by atoms with E-state index in [1.54, 1.807) is 17.9 Å². The van der Waals surface area contributed by atoms with Crippen LogP contribution in [0.1, 0.15) is 39.3 Å². The number of aliphatic hydroxyl groups is 1. The van der Waals surface area contributed by atoms with Gasteiger partial charge in [0, 0.05) is 59.8 Å². The first kappa shape index (κ1) is 26.0. The van der Waals surface area contributed by atoms with Gasteiger partial charge in [-0.3, -0.25) is 14.3 Å². The van der Waals surface area contributed by atoms with Gasteiger partial charge < -0.3 is 26.0 Å². The van der Waals surface area contributed by atoms with Crippen LogP contribution in [0, 0.1) is 6.92 Å². The number of rotatable bonds is 7. The van der Waals surface area contributed by atoms with E-state index in [-0.39, 0.29) is 17.9 Å². The summed E-state index contributed by atoms with van der Waals surface area (Å²) in [5.41, 5.74) is 6.12. The van der Waals surface area contributed by atoms with Crippen LogP contribution < -0.4 is 20.9 Å². The maximum atomic E-state index is 12.7. The Balaban J connectivity index is 1.13.